The molecule has 7 heteroatoms. The fourth-order valence-corrected chi connectivity index (χ4v) is 1.31. The third-order valence-electron chi connectivity index (χ3n) is 2.31. The van der Waals surface area contributed by atoms with Gasteiger partial charge in [0, 0.05) is 6.20 Å². The molecule has 1 aromatic heterocycles. The molecule has 0 bridgehead atoms. The lowest BCUT2D eigenvalue weighted by Gasteiger charge is -2.28. The highest BCUT2D eigenvalue weighted by Gasteiger charge is 2.35. The fraction of sp³-hybridized carbons (Fsp3) is 0.583. The van der Waals surface area contributed by atoms with Crippen LogP contribution in [0.4, 0.5) is 10.5 Å². The van der Waals surface area contributed by atoms with Crippen LogP contribution in [0.1, 0.15) is 34.6 Å². The Balaban J connectivity index is 2.90. The third kappa shape index (κ3) is 3.97. The van der Waals surface area contributed by atoms with E-state index in [0.717, 1.165) is 0 Å². The Morgan fingerprint density at radius 1 is 1.32 bits per heavy atom. The standard InChI is InChI=1S/C12H19N3O4/c1-11(2,3)19-9(16)12(4,5)15-7-8(6-13-15)14-10(17)18/h6-7,14H,1-5H3,(H,17,18). The first kappa shape index (κ1) is 15.0. The topological polar surface area (TPSA) is 93.5 Å². The Bertz CT molecular complexity index is 485. The highest BCUT2D eigenvalue weighted by molar-refractivity contribution is 5.82. The first-order chi connectivity index (χ1) is 8.52. The van der Waals surface area contributed by atoms with Crippen LogP contribution in [0, 0.1) is 0 Å². The van der Waals surface area contributed by atoms with Gasteiger partial charge < -0.3 is 9.84 Å². The van der Waals surface area contributed by atoms with E-state index in [0.29, 0.717) is 5.69 Å². The number of carbonyl (C=O) groups excluding carboxylic acids is 1. The Morgan fingerprint density at radius 3 is 2.37 bits per heavy atom. The largest absolute Gasteiger partial charge is 0.465 e. The van der Waals surface area contributed by atoms with Crippen LogP contribution in [0.3, 0.4) is 0 Å². The Morgan fingerprint density at radius 2 is 1.89 bits per heavy atom. The van der Waals surface area contributed by atoms with Gasteiger partial charge >= 0.3 is 12.1 Å². The second-order valence-electron chi connectivity index (χ2n) is 5.66. The summed E-state index contributed by atoms with van der Waals surface area (Å²) in [5, 5.41) is 14.7. The number of carboxylic acid groups (broad SMARTS) is 1. The summed E-state index contributed by atoms with van der Waals surface area (Å²) < 4.78 is 6.68. The number of rotatable bonds is 3. The molecular formula is C12H19N3O4. The van der Waals surface area contributed by atoms with Crippen LogP contribution in [0.5, 0.6) is 0 Å². The SMILES string of the molecule is CC(C)(C)OC(=O)C(C)(C)n1cc(NC(=O)O)cn1. The number of carbonyl (C=O) groups is 2. The lowest BCUT2D eigenvalue weighted by Crippen LogP contribution is -2.41. The van der Waals surface area contributed by atoms with E-state index in [1.807, 2.05) is 0 Å². The maximum atomic E-state index is 12.1. The molecule has 1 aromatic rings. The zero-order valence-electron chi connectivity index (χ0n) is 11.7. The fourth-order valence-electron chi connectivity index (χ4n) is 1.31. The number of anilines is 1. The maximum Gasteiger partial charge on any atom is 0.409 e. The Kier molecular flexibility index (Phi) is 3.88. The lowest BCUT2D eigenvalue weighted by molar-refractivity contribution is -0.164. The van der Waals surface area contributed by atoms with Gasteiger partial charge in [0.05, 0.1) is 11.9 Å². The van der Waals surface area contributed by atoms with Crippen molar-refractivity contribution in [2.45, 2.75) is 45.8 Å². The average Bonchev–Trinajstić information content (AvgIpc) is 2.62. The van der Waals surface area contributed by atoms with E-state index in [1.54, 1.807) is 34.6 Å². The van der Waals surface area contributed by atoms with Crippen molar-refractivity contribution in [1.29, 1.82) is 0 Å². The van der Waals surface area contributed by atoms with E-state index >= 15 is 0 Å². The van der Waals surface area contributed by atoms with Crippen LogP contribution in [0.25, 0.3) is 0 Å². The van der Waals surface area contributed by atoms with Crippen LogP contribution in [-0.4, -0.2) is 32.6 Å². The van der Waals surface area contributed by atoms with E-state index in [9.17, 15) is 9.59 Å². The molecule has 2 N–H and O–H groups in total. The minimum Gasteiger partial charge on any atom is -0.465 e. The van der Waals surface area contributed by atoms with E-state index < -0.39 is 23.2 Å². The van der Waals surface area contributed by atoms with Gasteiger partial charge in [-0.2, -0.15) is 5.10 Å². The Hall–Kier alpha value is -2.05. The normalized spacial score (nSPS) is 12.1. The molecule has 0 aliphatic heterocycles. The summed E-state index contributed by atoms with van der Waals surface area (Å²) in [6.45, 7) is 8.64. The lowest BCUT2D eigenvalue weighted by atomic mass is 10.1. The van der Waals surface area contributed by atoms with Crippen LogP contribution < -0.4 is 5.32 Å². The minimum absolute atomic E-state index is 0.295. The molecule has 1 amide bonds. The molecule has 0 aromatic carbocycles. The number of nitrogens with zero attached hydrogens (tertiary/aromatic N) is 2. The second-order valence-corrected chi connectivity index (χ2v) is 5.66. The van der Waals surface area contributed by atoms with E-state index in [2.05, 4.69) is 10.4 Å². The van der Waals surface area contributed by atoms with Crippen molar-refractivity contribution in [3.63, 3.8) is 0 Å². The molecule has 0 aliphatic rings. The number of esters is 1. The van der Waals surface area contributed by atoms with Gasteiger partial charge in [-0.05, 0) is 34.6 Å². The van der Waals surface area contributed by atoms with Gasteiger partial charge in [-0.25, -0.2) is 9.59 Å². The monoisotopic (exact) mass is 269 g/mol. The van der Waals surface area contributed by atoms with Gasteiger partial charge in [-0.1, -0.05) is 0 Å². The van der Waals surface area contributed by atoms with E-state index in [-0.39, 0.29) is 0 Å². The van der Waals surface area contributed by atoms with Crippen molar-refractivity contribution in [3.8, 4) is 0 Å². The van der Waals surface area contributed by atoms with Crippen LogP contribution in [-0.2, 0) is 15.1 Å². The Labute approximate surface area is 111 Å². The number of hydrogen-bond acceptors (Lipinski definition) is 4. The first-order valence-corrected chi connectivity index (χ1v) is 5.81. The maximum absolute atomic E-state index is 12.1. The number of aromatic nitrogens is 2. The van der Waals surface area contributed by atoms with E-state index in [1.165, 1.54) is 17.1 Å². The molecule has 1 heterocycles. The zero-order valence-corrected chi connectivity index (χ0v) is 11.7. The van der Waals surface area contributed by atoms with E-state index in [4.69, 9.17) is 9.84 Å². The van der Waals surface area contributed by atoms with Gasteiger partial charge in [0.25, 0.3) is 0 Å². The summed E-state index contributed by atoms with van der Waals surface area (Å²) >= 11 is 0. The van der Waals surface area contributed by atoms with Gasteiger partial charge in [0.15, 0.2) is 5.54 Å². The molecule has 106 valence electrons. The van der Waals surface area contributed by atoms with Crippen LogP contribution in [0.15, 0.2) is 12.4 Å². The predicted octanol–water partition coefficient (Wildman–Crippen LogP) is 2.05. The minimum atomic E-state index is -1.19. The zero-order chi connectivity index (χ0) is 14.8. The predicted molar refractivity (Wildman–Crippen MR) is 69.0 cm³/mol. The van der Waals surface area contributed by atoms with Crippen molar-refractivity contribution in [3.05, 3.63) is 12.4 Å². The quantitative estimate of drug-likeness (QED) is 0.819. The van der Waals surface area contributed by atoms with Gasteiger partial charge in [-0.3, -0.25) is 10.00 Å². The van der Waals surface area contributed by atoms with Crippen LogP contribution in [0.2, 0.25) is 0 Å². The molecule has 0 radical (unpaired) electrons. The smallest absolute Gasteiger partial charge is 0.409 e. The summed E-state index contributed by atoms with van der Waals surface area (Å²) in [7, 11) is 0. The summed E-state index contributed by atoms with van der Waals surface area (Å²) in [5.74, 6) is -0.440. The van der Waals surface area contributed by atoms with Gasteiger partial charge in [0.1, 0.15) is 5.60 Å². The van der Waals surface area contributed by atoms with Crippen molar-refractivity contribution < 1.29 is 19.4 Å². The summed E-state index contributed by atoms with van der Waals surface area (Å²) in [4.78, 5) is 22.6. The first-order valence-electron chi connectivity index (χ1n) is 5.81. The summed E-state index contributed by atoms with van der Waals surface area (Å²) in [6, 6.07) is 0. The highest BCUT2D eigenvalue weighted by Crippen LogP contribution is 2.22. The molecule has 19 heavy (non-hydrogen) atoms. The molecular weight excluding hydrogens is 250 g/mol. The van der Waals surface area contributed by atoms with Gasteiger partial charge in [-0.15, -0.1) is 0 Å². The molecule has 0 atom stereocenters. The molecule has 0 aliphatic carbocycles. The summed E-state index contributed by atoms with van der Waals surface area (Å²) in [5.41, 5.74) is -1.32. The number of hydrogen-bond donors (Lipinski definition) is 2. The number of amides is 1. The van der Waals surface area contributed by atoms with Crippen LogP contribution >= 0.6 is 0 Å². The molecule has 0 spiro atoms. The molecule has 0 unspecified atom stereocenters. The number of ether oxygens (including phenoxy) is 1. The average molecular weight is 269 g/mol. The third-order valence-corrected chi connectivity index (χ3v) is 2.31. The van der Waals surface area contributed by atoms with Crippen molar-refractivity contribution >= 4 is 17.7 Å². The molecule has 7 nitrogen and oxygen atoms in total. The summed E-state index contributed by atoms with van der Waals surface area (Å²) in [6.07, 6.45) is 1.59. The highest BCUT2D eigenvalue weighted by atomic mass is 16.6. The number of nitrogens with one attached hydrogen (secondary N) is 1. The molecule has 0 saturated carbocycles. The van der Waals surface area contributed by atoms with Gasteiger partial charge in [0.2, 0.25) is 0 Å². The van der Waals surface area contributed by atoms with Crippen molar-refractivity contribution in [2.75, 3.05) is 5.32 Å². The van der Waals surface area contributed by atoms with Crippen molar-refractivity contribution in [1.82, 2.24) is 9.78 Å². The molecule has 1 rings (SSSR count). The second kappa shape index (κ2) is 4.91. The molecule has 0 fully saturated rings. The molecule has 0 saturated heterocycles. The van der Waals surface area contributed by atoms with Crippen molar-refractivity contribution in [2.24, 2.45) is 0 Å².